The van der Waals surface area contributed by atoms with Crippen molar-refractivity contribution in [2.24, 2.45) is 0 Å². The molecule has 1 aromatic carbocycles. The van der Waals surface area contributed by atoms with Gasteiger partial charge < -0.3 is 10.1 Å². The molecular weight excluding hydrogens is 270 g/mol. The monoisotopic (exact) mass is 281 g/mol. The molecule has 0 aliphatic heterocycles. The van der Waals surface area contributed by atoms with E-state index in [1.54, 1.807) is 36.5 Å². The predicted octanol–water partition coefficient (Wildman–Crippen LogP) is 3.36. The van der Waals surface area contributed by atoms with Gasteiger partial charge in [0.2, 0.25) is 0 Å². The number of nitrogens with one attached hydrogen (secondary N) is 1. The number of aromatic hydroxyl groups is 1. The van der Waals surface area contributed by atoms with Crippen LogP contribution in [0.1, 0.15) is 0 Å². The fourth-order valence-electron chi connectivity index (χ4n) is 2.21. The second-order valence-electron chi connectivity index (χ2n) is 4.46. The Morgan fingerprint density at radius 2 is 1.86 bits per heavy atom. The van der Waals surface area contributed by atoms with Gasteiger partial charge in [0.1, 0.15) is 5.75 Å². The highest BCUT2D eigenvalue weighted by molar-refractivity contribution is 5.85. The summed E-state index contributed by atoms with van der Waals surface area (Å²) < 4.78 is 0. The van der Waals surface area contributed by atoms with Gasteiger partial charge in [-0.05, 0) is 35.9 Å². The third-order valence-electron chi connectivity index (χ3n) is 3.19. The van der Waals surface area contributed by atoms with E-state index in [9.17, 15) is 15.2 Å². The van der Waals surface area contributed by atoms with E-state index in [0.717, 1.165) is 11.3 Å². The number of H-pyrrole nitrogens is 1. The largest absolute Gasteiger partial charge is 0.508 e. The highest BCUT2D eigenvalue weighted by Crippen LogP contribution is 2.36. The molecule has 21 heavy (non-hydrogen) atoms. The summed E-state index contributed by atoms with van der Waals surface area (Å²) in [6.45, 7) is 0. The van der Waals surface area contributed by atoms with Crippen LogP contribution >= 0.6 is 0 Å². The van der Waals surface area contributed by atoms with E-state index in [2.05, 4.69) is 9.97 Å². The molecule has 0 bridgehead atoms. The van der Waals surface area contributed by atoms with Crippen LogP contribution in [0, 0.1) is 10.1 Å². The van der Waals surface area contributed by atoms with Gasteiger partial charge in [-0.1, -0.05) is 0 Å². The molecule has 0 saturated heterocycles. The Hall–Kier alpha value is -3.15. The average Bonchev–Trinajstić information content (AvgIpc) is 2.97. The zero-order valence-electron chi connectivity index (χ0n) is 10.9. The molecule has 2 N–H and O–H groups in total. The number of benzene rings is 1. The quantitative estimate of drug-likeness (QED) is 0.568. The van der Waals surface area contributed by atoms with Crippen LogP contribution in [-0.2, 0) is 0 Å². The molecule has 0 unspecified atom stereocenters. The first-order chi connectivity index (χ1) is 10.2. The topological polar surface area (TPSA) is 92.0 Å². The van der Waals surface area contributed by atoms with Gasteiger partial charge in [-0.3, -0.25) is 15.1 Å². The standard InChI is InChI=1S/C15H11N3O3/c19-11-3-1-10(2-4-11)15-12(5-8-17-15)13-9-16-7-6-14(13)18(20)21/h1-9,17,19H. The van der Waals surface area contributed by atoms with Gasteiger partial charge >= 0.3 is 0 Å². The van der Waals surface area contributed by atoms with Gasteiger partial charge in [0.05, 0.1) is 16.2 Å². The van der Waals surface area contributed by atoms with Gasteiger partial charge in [0, 0.05) is 30.2 Å². The van der Waals surface area contributed by atoms with Crippen molar-refractivity contribution in [3.63, 3.8) is 0 Å². The van der Waals surface area contributed by atoms with Crippen LogP contribution in [0.15, 0.2) is 55.0 Å². The maximum absolute atomic E-state index is 11.1. The first-order valence-corrected chi connectivity index (χ1v) is 6.22. The zero-order chi connectivity index (χ0) is 14.8. The van der Waals surface area contributed by atoms with E-state index in [0.29, 0.717) is 11.1 Å². The molecule has 104 valence electrons. The van der Waals surface area contributed by atoms with Crippen molar-refractivity contribution in [3.05, 3.63) is 65.1 Å². The molecule has 0 radical (unpaired) electrons. The lowest BCUT2D eigenvalue weighted by Gasteiger charge is -2.05. The molecule has 0 fully saturated rings. The first kappa shape index (κ1) is 12.9. The SMILES string of the molecule is O=[N+]([O-])c1ccncc1-c1cc[nH]c1-c1ccc(O)cc1. The van der Waals surface area contributed by atoms with Gasteiger partial charge in [-0.15, -0.1) is 0 Å². The highest BCUT2D eigenvalue weighted by atomic mass is 16.6. The Kier molecular flexibility index (Phi) is 3.12. The van der Waals surface area contributed by atoms with Gasteiger partial charge in [-0.25, -0.2) is 0 Å². The number of nitrogens with zero attached hydrogens (tertiary/aromatic N) is 2. The summed E-state index contributed by atoms with van der Waals surface area (Å²) in [6.07, 6.45) is 4.59. The van der Waals surface area contributed by atoms with E-state index >= 15 is 0 Å². The normalized spacial score (nSPS) is 10.5. The van der Waals surface area contributed by atoms with E-state index in [1.165, 1.54) is 18.5 Å². The fourth-order valence-corrected chi connectivity index (χ4v) is 2.21. The summed E-state index contributed by atoms with van der Waals surface area (Å²) >= 11 is 0. The van der Waals surface area contributed by atoms with Crippen molar-refractivity contribution in [2.75, 3.05) is 0 Å². The van der Waals surface area contributed by atoms with Crippen molar-refractivity contribution in [2.45, 2.75) is 0 Å². The molecule has 0 spiro atoms. The maximum Gasteiger partial charge on any atom is 0.280 e. The molecule has 2 aromatic heterocycles. The van der Waals surface area contributed by atoms with Crippen LogP contribution in [0.5, 0.6) is 5.75 Å². The van der Waals surface area contributed by atoms with Crippen molar-refractivity contribution in [1.82, 2.24) is 9.97 Å². The highest BCUT2D eigenvalue weighted by Gasteiger charge is 2.18. The molecule has 6 nitrogen and oxygen atoms in total. The number of rotatable bonds is 3. The third-order valence-corrected chi connectivity index (χ3v) is 3.19. The molecule has 0 atom stereocenters. The smallest absolute Gasteiger partial charge is 0.280 e. The molecular formula is C15H11N3O3. The summed E-state index contributed by atoms with van der Waals surface area (Å²) in [5.41, 5.74) is 2.72. The van der Waals surface area contributed by atoms with Crippen molar-refractivity contribution < 1.29 is 10.0 Å². The molecule has 0 saturated carbocycles. The van der Waals surface area contributed by atoms with Crippen molar-refractivity contribution in [1.29, 1.82) is 0 Å². The number of nitro groups is 1. The number of aromatic nitrogens is 2. The molecule has 0 aliphatic carbocycles. The summed E-state index contributed by atoms with van der Waals surface area (Å²) in [5, 5.41) is 20.5. The number of phenolic OH excluding ortho intramolecular Hbond substituents is 1. The lowest BCUT2D eigenvalue weighted by atomic mass is 10.0. The van der Waals surface area contributed by atoms with E-state index in [-0.39, 0.29) is 11.4 Å². The molecule has 2 heterocycles. The summed E-state index contributed by atoms with van der Waals surface area (Å²) in [7, 11) is 0. The Balaban J connectivity index is 2.16. The Morgan fingerprint density at radius 3 is 2.57 bits per heavy atom. The third kappa shape index (κ3) is 2.34. The van der Waals surface area contributed by atoms with Gasteiger partial charge in [0.15, 0.2) is 0 Å². The zero-order valence-corrected chi connectivity index (χ0v) is 10.9. The van der Waals surface area contributed by atoms with Crippen molar-refractivity contribution >= 4 is 5.69 Å². The van der Waals surface area contributed by atoms with Gasteiger partial charge in [-0.2, -0.15) is 0 Å². The fraction of sp³-hybridized carbons (Fsp3) is 0. The van der Waals surface area contributed by atoms with Crippen LogP contribution in [0.2, 0.25) is 0 Å². The molecule has 0 amide bonds. The minimum Gasteiger partial charge on any atom is -0.508 e. The lowest BCUT2D eigenvalue weighted by molar-refractivity contribution is -0.384. The van der Waals surface area contributed by atoms with E-state index in [1.807, 2.05) is 0 Å². The summed E-state index contributed by atoms with van der Waals surface area (Å²) in [4.78, 5) is 17.8. The number of aromatic amines is 1. The number of hydrogen-bond donors (Lipinski definition) is 2. The average molecular weight is 281 g/mol. The van der Waals surface area contributed by atoms with Crippen molar-refractivity contribution in [3.8, 4) is 28.1 Å². The molecule has 3 rings (SSSR count). The van der Waals surface area contributed by atoms with Crippen LogP contribution in [0.3, 0.4) is 0 Å². The first-order valence-electron chi connectivity index (χ1n) is 6.22. The maximum atomic E-state index is 11.1. The molecule has 6 heteroatoms. The van der Waals surface area contributed by atoms with Crippen LogP contribution in [0.4, 0.5) is 5.69 Å². The second-order valence-corrected chi connectivity index (χ2v) is 4.46. The number of hydrogen-bond acceptors (Lipinski definition) is 4. The van der Waals surface area contributed by atoms with E-state index in [4.69, 9.17) is 0 Å². The van der Waals surface area contributed by atoms with Crippen LogP contribution in [0.25, 0.3) is 22.4 Å². The molecule has 3 aromatic rings. The Labute approximate surface area is 119 Å². The van der Waals surface area contributed by atoms with Crippen LogP contribution in [-0.4, -0.2) is 20.0 Å². The van der Waals surface area contributed by atoms with Gasteiger partial charge in [0.25, 0.3) is 5.69 Å². The number of pyridine rings is 1. The lowest BCUT2D eigenvalue weighted by Crippen LogP contribution is -1.93. The molecule has 0 aliphatic rings. The van der Waals surface area contributed by atoms with E-state index < -0.39 is 4.92 Å². The second kappa shape index (κ2) is 5.09. The minimum atomic E-state index is -0.426. The Morgan fingerprint density at radius 1 is 1.10 bits per heavy atom. The predicted molar refractivity (Wildman–Crippen MR) is 77.8 cm³/mol. The van der Waals surface area contributed by atoms with Crippen LogP contribution < -0.4 is 0 Å². The number of phenols is 1. The minimum absolute atomic E-state index is 0.00429. The Bertz CT molecular complexity index is 794. The summed E-state index contributed by atoms with van der Waals surface area (Å²) in [5.74, 6) is 0.166. The summed E-state index contributed by atoms with van der Waals surface area (Å²) in [6, 6.07) is 9.77.